The molecular formula is C14H11Cl2NO2. The SMILES string of the molecule is CCOC(=O)c1cnc(-c2cccc(Cl)c2)cc1Cl. The first-order chi connectivity index (χ1) is 9.11. The third-order valence-electron chi connectivity index (χ3n) is 2.47. The van der Waals surface area contributed by atoms with Crippen LogP contribution in [-0.4, -0.2) is 17.6 Å². The second-order valence-corrected chi connectivity index (χ2v) is 4.62. The Kier molecular flexibility index (Phi) is 4.40. The van der Waals surface area contributed by atoms with Gasteiger partial charge in [-0.1, -0.05) is 35.3 Å². The van der Waals surface area contributed by atoms with Gasteiger partial charge in [0.2, 0.25) is 0 Å². The fraction of sp³-hybridized carbons (Fsp3) is 0.143. The van der Waals surface area contributed by atoms with Gasteiger partial charge < -0.3 is 4.74 Å². The van der Waals surface area contributed by atoms with E-state index >= 15 is 0 Å². The number of rotatable bonds is 3. The van der Waals surface area contributed by atoms with E-state index in [1.165, 1.54) is 6.20 Å². The summed E-state index contributed by atoms with van der Waals surface area (Å²) in [5.41, 5.74) is 1.75. The van der Waals surface area contributed by atoms with Crippen molar-refractivity contribution in [3.8, 4) is 11.3 Å². The number of benzene rings is 1. The van der Waals surface area contributed by atoms with Gasteiger partial charge in [0.15, 0.2) is 0 Å². The number of esters is 1. The topological polar surface area (TPSA) is 39.2 Å². The predicted octanol–water partition coefficient (Wildman–Crippen LogP) is 4.23. The molecule has 1 heterocycles. The summed E-state index contributed by atoms with van der Waals surface area (Å²) in [5.74, 6) is -0.474. The van der Waals surface area contributed by atoms with Crippen molar-refractivity contribution in [2.24, 2.45) is 0 Å². The lowest BCUT2D eigenvalue weighted by Gasteiger charge is -2.06. The van der Waals surface area contributed by atoms with Gasteiger partial charge >= 0.3 is 5.97 Å². The molecular weight excluding hydrogens is 285 g/mol. The highest BCUT2D eigenvalue weighted by atomic mass is 35.5. The van der Waals surface area contributed by atoms with Crippen molar-refractivity contribution in [1.82, 2.24) is 4.98 Å². The fourth-order valence-electron chi connectivity index (χ4n) is 1.60. The molecule has 0 saturated heterocycles. The molecule has 3 nitrogen and oxygen atoms in total. The first-order valence-electron chi connectivity index (χ1n) is 5.70. The van der Waals surface area contributed by atoms with E-state index in [4.69, 9.17) is 27.9 Å². The second kappa shape index (κ2) is 6.04. The van der Waals surface area contributed by atoms with Crippen LogP contribution in [0.2, 0.25) is 10.0 Å². The van der Waals surface area contributed by atoms with E-state index in [1.54, 1.807) is 25.1 Å². The first kappa shape index (κ1) is 13.8. The Hall–Kier alpha value is -1.58. The number of hydrogen-bond donors (Lipinski definition) is 0. The normalized spacial score (nSPS) is 10.3. The average Bonchev–Trinajstić information content (AvgIpc) is 2.38. The number of aromatic nitrogens is 1. The zero-order chi connectivity index (χ0) is 13.8. The molecule has 2 aromatic rings. The van der Waals surface area contributed by atoms with Gasteiger partial charge in [0.1, 0.15) is 0 Å². The number of carbonyl (C=O) groups excluding carboxylic acids is 1. The minimum Gasteiger partial charge on any atom is -0.462 e. The quantitative estimate of drug-likeness (QED) is 0.796. The summed E-state index contributed by atoms with van der Waals surface area (Å²) in [6.45, 7) is 2.03. The van der Waals surface area contributed by atoms with Crippen LogP contribution >= 0.6 is 23.2 Å². The van der Waals surface area contributed by atoms with Crippen LogP contribution in [0.3, 0.4) is 0 Å². The largest absolute Gasteiger partial charge is 0.462 e. The summed E-state index contributed by atoms with van der Waals surface area (Å²) in [5, 5.41) is 0.924. The monoisotopic (exact) mass is 295 g/mol. The number of pyridine rings is 1. The van der Waals surface area contributed by atoms with Gasteiger partial charge in [0.05, 0.1) is 22.9 Å². The highest BCUT2D eigenvalue weighted by Crippen LogP contribution is 2.25. The third-order valence-corrected chi connectivity index (χ3v) is 3.02. The maximum absolute atomic E-state index is 11.6. The molecule has 0 amide bonds. The van der Waals surface area contributed by atoms with Crippen molar-refractivity contribution in [2.45, 2.75) is 6.92 Å². The van der Waals surface area contributed by atoms with Gasteiger partial charge in [-0.15, -0.1) is 0 Å². The number of ether oxygens (including phenoxy) is 1. The van der Waals surface area contributed by atoms with Crippen LogP contribution in [0, 0.1) is 0 Å². The lowest BCUT2D eigenvalue weighted by Crippen LogP contribution is -2.06. The van der Waals surface area contributed by atoms with Crippen LogP contribution in [0.25, 0.3) is 11.3 Å². The lowest BCUT2D eigenvalue weighted by molar-refractivity contribution is 0.0526. The molecule has 19 heavy (non-hydrogen) atoms. The van der Waals surface area contributed by atoms with Gasteiger partial charge in [-0.05, 0) is 25.1 Å². The molecule has 0 bridgehead atoms. The zero-order valence-corrected chi connectivity index (χ0v) is 11.7. The Labute approximate surface area is 121 Å². The molecule has 0 unspecified atom stereocenters. The molecule has 0 spiro atoms. The maximum Gasteiger partial charge on any atom is 0.341 e. The molecule has 0 atom stereocenters. The van der Waals surface area contributed by atoms with E-state index in [2.05, 4.69) is 4.98 Å². The summed E-state index contributed by atoms with van der Waals surface area (Å²) in [6, 6.07) is 8.88. The van der Waals surface area contributed by atoms with E-state index in [9.17, 15) is 4.79 Å². The van der Waals surface area contributed by atoms with Crippen molar-refractivity contribution in [3.05, 3.63) is 52.1 Å². The summed E-state index contributed by atoms with van der Waals surface area (Å²) < 4.78 is 4.89. The summed E-state index contributed by atoms with van der Waals surface area (Å²) >= 11 is 12.0. The number of carbonyl (C=O) groups is 1. The maximum atomic E-state index is 11.6. The Morgan fingerprint density at radius 2 is 2.11 bits per heavy atom. The zero-order valence-electron chi connectivity index (χ0n) is 10.2. The van der Waals surface area contributed by atoms with Gasteiger partial charge in [0, 0.05) is 16.8 Å². The molecule has 2 rings (SSSR count). The Bertz CT molecular complexity index is 614. The molecule has 0 aliphatic carbocycles. The Morgan fingerprint density at radius 3 is 2.74 bits per heavy atom. The molecule has 0 saturated carbocycles. The summed E-state index contributed by atoms with van der Waals surface area (Å²) in [4.78, 5) is 15.8. The summed E-state index contributed by atoms with van der Waals surface area (Å²) in [7, 11) is 0. The minimum atomic E-state index is -0.474. The molecule has 98 valence electrons. The highest BCUT2D eigenvalue weighted by Gasteiger charge is 2.13. The number of hydrogen-bond acceptors (Lipinski definition) is 3. The first-order valence-corrected chi connectivity index (χ1v) is 6.46. The van der Waals surface area contributed by atoms with Crippen LogP contribution in [0.1, 0.15) is 17.3 Å². The van der Waals surface area contributed by atoms with Crippen molar-refractivity contribution in [2.75, 3.05) is 6.61 Å². The predicted molar refractivity (Wildman–Crippen MR) is 75.6 cm³/mol. The van der Waals surface area contributed by atoms with Crippen LogP contribution in [0.15, 0.2) is 36.5 Å². The van der Waals surface area contributed by atoms with E-state index in [0.29, 0.717) is 22.3 Å². The smallest absolute Gasteiger partial charge is 0.341 e. The molecule has 1 aromatic carbocycles. The van der Waals surface area contributed by atoms with E-state index < -0.39 is 5.97 Å². The molecule has 0 aliphatic heterocycles. The molecule has 0 aliphatic rings. The Morgan fingerprint density at radius 1 is 1.32 bits per heavy atom. The van der Waals surface area contributed by atoms with Crippen molar-refractivity contribution in [1.29, 1.82) is 0 Å². The fourth-order valence-corrected chi connectivity index (χ4v) is 2.02. The van der Waals surface area contributed by atoms with Crippen LogP contribution < -0.4 is 0 Å². The van der Waals surface area contributed by atoms with E-state index in [1.807, 2.05) is 12.1 Å². The van der Waals surface area contributed by atoms with Gasteiger partial charge in [-0.25, -0.2) is 4.79 Å². The van der Waals surface area contributed by atoms with E-state index in [0.717, 1.165) is 5.56 Å². The average molecular weight is 296 g/mol. The number of nitrogens with zero attached hydrogens (tertiary/aromatic N) is 1. The third kappa shape index (κ3) is 3.25. The van der Waals surface area contributed by atoms with Crippen molar-refractivity contribution in [3.63, 3.8) is 0 Å². The second-order valence-electron chi connectivity index (χ2n) is 3.78. The van der Waals surface area contributed by atoms with E-state index in [-0.39, 0.29) is 5.56 Å². The van der Waals surface area contributed by atoms with Crippen LogP contribution in [0.5, 0.6) is 0 Å². The molecule has 0 N–H and O–H groups in total. The lowest BCUT2D eigenvalue weighted by atomic mass is 10.1. The van der Waals surface area contributed by atoms with Crippen molar-refractivity contribution >= 4 is 29.2 Å². The molecule has 0 fully saturated rings. The standard InChI is InChI=1S/C14H11Cl2NO2/c1-2-19-14(18)11-8-17-13(7-12(11)16)9-4-3-5-10(15)6-9/h3-8H,2H2,1H3. The van der Waals surface area contributed by atoms with Gasteiger partial charge in [-0.2, -0.15) is 0 Å². The van der Waals surface area contributed by atoms with Gasteiger partial charge in [-0.3, -0.25) is 4.98 Å². The number of halogens is 2. The molecule has 0 radical (unpaired) electrons. The molecule has 5 heteroatoms. The van der Waals surface area contributed by atoms with Crippen molar-refractivity contribution < 1.29 is 9.53 Å². The highest BCUT2D eigenvalue weighted by molar-refractivity contribution is 6.33. The molecule has 1 aromatic heterocycles. The summed E-state index contributed by atoms with van der Waals surface area (Å²) in [6.07, 6.45) is 1.41. The van der Waals surface area contributed by atoms with Gasteiger partial charge in [0.25, 0.3) is 0 Å². The van der Waals surface area contributed by atoms with Crippen LogP contribution in [-0.2, 0) is 4.74 Å². The minimum absolute atomic E-state index is 0.259. The van der Waals surface area contributed by atoms with Crippen LogP contribution in [0.4, 0.5) is 0 Å². The Balaban J connectivity index is 2.36.